The van der Waals surface area contributed by atoms with Crippen LogP contribution in [0.15, 0.2) is 24.3 Å². The minimum absolute atomic E-state index is 0.0384. The summed E-state index contributed by atoms with van der Waals surface area (Å²) in [5, 5.41) is 2.97. The van der Waals surface area contributed by atoms with E-state index in [1.165, 1.54) is 25.9 Å². The molecule has 1 N–H and O–H groups in total. The predicted octanol–water partition coefficient (Wildman–Crippen LogP) is 0.941. The smallest absolute Gasteiger partial charge is 0.230 e. The summed E-state index contributed by atoms with van der Waals surface area (Å²) in [7, 11) is 0. The van der Waals surface area contributed by atoms with Gasteiger partial charge in [-0.05, 0) is 25.9 Å². The highest BCUT2D eigenvalue weighted by Gasteiger charge is 2.15. The molecule has 0 unspecified atom stereocenters. The summed E-state index contributed by atoms with van der Waals surface area (Å²) in [5.74, 6) is 0.0859. The van der Waals surface area contributed by atoms with Crippen LogP contribution in [0.2, 0.25) is 0 Å². The summed E-state index contributed by atoms with van der Waals surface area (Å²) in [6.07, 6.45) is 10.3. The molecule has 1 aliphatic carbocycles. The second kappa shape index (κ2) is 5.12. The Morgan fingerprint density at radius 3 is 2.60 bits per heavy atom. The first-order valence-electron chi connectivity index (χ1n) is 5.71. The third-order valence-electron chi connectivity index (χ3n) is 2.98. The molecule has 2 rings (SSSR count). The van der Waals surface area contributed by atoms with Crippen molar-refractivity contribution in [2.75, 3.05) is 26.2 Å². The number of hydrogen-bond donors (Lipinski definition) is 1. The highest BCUT2D eigenvalue weighted by molar-refractivity contribution is 5.83. The Bertz CT molecular complexity index is 265. The normalized spacial score (nSPS) is 21.3. The van der Waals surface area contributed by atoms with Gasteiger partial charge >= 0.3 is 0 Å². The topological polar surface area (TPSA) is 32.3 Å². The monoisotopic (exact) mass is 206 g/mol. The van der Waals surface area contributed by atoms with Gasteiger partial charge in [-0.1, -0.05) is 24.3 Å². The Hall–Kier alpha value is -1.09. The van der Waals surface area contributed by atoms with Crippen LogP contribution in [0.4, 0.5) is 0 Å². The van der Waals surface area contributed by atoms with Crippen LogP contribution in [-0.4, -0.2) is 37.0 Å². The van der Waals surface area contributed by atoms with Crippen LogP contribution in [-0.2, 0) is 4.79 Å². The standard InChI is InChI=1S/C12H18N2O/c15-12(11-5-1-2-6-11)13-7-10-14-8-3-4-9-14/h1-2,5-6,11H,3-4,7-10H2,(H,13,15). The van der Waals surface area contributed by atoms with E-state index in [9.17, 15) is 4.79 Å². The molecular weight excluding hydrogens is 188 g/mol. The van der Waals surface area contributed by atoms with Crippen molar-refractivity contribution in [2.45, 2.75) is 12.8 Å². The lowest BCUT2D eigenvalue weighted by Gasteiger charge is -2.15. The second-order valence-electron chi connectivity index (χ2n) is 4.14. The number of amides is 1. The van der Waals surface area contributed by atoms with E-state index in [1.807, 2.05) is 24.3 Å². The maximum atomic E-state index is 11.6. The molecule has 0 saturated carbocycles. The van der Waals surface area contributed by atoms with E-state index in [2.05, 4.69) is 10.2 Å². The van der Waals surface area contributed by atoms with Gasteiger partial charge in [0.15, 0.2) is 0 Å². The zero-order valence-corrected chi connectivity index (χ0v) is 8.98. The third-order valence-corrected chi connectivity index (χ3v) is 2.98. The lowest BCUT2D eigenvalue weighted by Crippen LogP contribution is -2.35. The molecular formula is C12H18N2O. The van der Waals surface area contributed by atoms with Crippen LogP contribution < -0.4 is 5.32 Å². The highest BCUT2D eigenvalue weighted by Crippen LogP contribution is 2.08. The molecule has 1 fully saturated rings. The Balaban J connectivity index is 1.62. The fourth-order valence-corrected chi connectivity index (χ4v) is 2.07. The quantitative estimate of drug-likeness (QED) is 0.742. The molecule has 0 bridgehead atoms. The number of carbonyl (C=O) groups excluding carboxylic acids is 1. The second-order valence-corrected chi connectivity index (χ2v) is 4.14. The van der Waals surface area contributed by atoms with E-state index in [-0.39, 0.29) is 11.8 Å². The van der Waals surface area contributed by atoms with Crippen LogP contribution in [0.25, 0.3) is 0 Å². The molecule has 1 heterocycles. The molecule has 0 aromatic heterocycles. The number of hydrogen-bond acceptors (Lipinski definition) is 2. The van der Waals surface area contributed by atoms with Gasteiger partial charge in [0.25, 0.3) is 0 Å². The Kier molecular flexibility index (Phi) is 3.56. The molecule has 0 aromatic carbocycles. The lowest BCUT2D eigenvalue weighted by atomic mass is 10.1. The summed E-state index contributed by atoms with van der Waals surface area (Å²) >= 11 is 0. The Labute approximate surface area is 90.8 Å². The van der Waals surface area contributed by atoms with Gasteiger partial charge in [-0.2, -0.15) is 0 Å². The van der Waals surface area contributed by atoms with Crippen molar-refractivity contribution >= 4 is 5.91 Å². The van der Waals surface area contributed by atoms with Gasteiger partial charge in [0.2, 0.25) is 5.91 Å². The van der Waals surface area contributed by atoms with E-state index >= 15 is 0 Å². The van der Waals surface area contributed by atoms with Crippen LogP contribution in [0.5, 0.6) is 0 Å². The average molecular weight is 206 g/mol. The van der Waals surface area contributed by atoms with Gasteiger partial charge in [0.05, 0.1) is 5.92 Å². The minimum Gasteiger partial charge on any atom is -0.354 e. The lowest BCUT2D eigenvalue weighted by molar-refractivity contribution is -0.122. The van der Waals surface area contributed by atoms with E-state index in [0.29, 0.717) is 0 Å². The largest absolute Gasteiger partial charge is 0.354 e. The molecule has 15 heavy (non-hydrogen) atoms. The number of allylic oxidation sites excluding steroid dienone is 2. The van der Waals surface area contributed by atoms with Gasteiger partial charge in [-0.15, -0.1) is 0 Å². The Morgan fingerprint density at radius 2 is 1.93 bits per heavy atom. The first-order valence-corrected chi connectivity index (χ1v) is 5.71. The molecule has 82 valence electrons. The zero-order valence-electron chi connectivity index (χ0n) is 8.98. The summed E-state index contributed by atoms with van der Waals surface area (Å²) in [4.78, 5) is 14.0. The van der Waals surface area contributed by atoms with Gasteiger partial charge in [-0.3, -0.25) is 4.79 Å². The summed E-state index contributed by atoms with van der Waals surface area (Å²) in [5.41, 5.74) is 0. The Morgan fingerprint density at radius 1 is 1.27 bits per heavy atom. The molecule has 3 nitrogen and oxygen atoms in total. The number of nitrogens with one attached hydrogen (secondary N) is 1. The number of rotatable bonds is 4. The first-order chi connectivity index (χ1) is 7.36. The molecule has 1 amide bonds. The van der Waals surface area contributed by atoms with Crippen molar-refractivity contribution in [1.82, 2.24) is 10.2 Å². The van der Waals surface area contributed by atoms with Gasteiger partial charge in [0.1, 0.15) is 0 Å². The van der Waals surface area contributed by atoms with Crippen LogP contribution in [0, 0.1) is 5.92 Å². The van der Waals surface area contributed by atoms with Crippen LogP contribution >= 0.6 is 0 Å². The van der Waals surface area contributed by atoms with Crippen LogP contribution in [0.3, 0.4) is 0 Å². The molecule has 0 spiro atoms. The van der Waals surface area contributed by atoms with Crippen molar-refractivity contribution in [3.05, 3.63) is 24.3 Å². The maximum absolute atomic E-state index is 11.6. The molecule has 1 saturated heterocycles. The van der Waals surface area contributed by atoms with Gasteiger partial charge < -0.3 is 10.2 Å². The minimum atomic E-state index is -0.0384. The van der Waals surface area contributed by atoms with Crippen molar-refractivity contribution in [2.24, 2.45) is 5.92 Å². The van der Waals surface area contributed by atoms with Gasteiger partial charge in [-0.25, -0.2) is 0 Å². The molecule has 0 atom stereocenters. The summed E-state index contributed by atoms with van der Waals surface area (Å²) in [6.45, 7) is 4.15. The zero-order chi connectivity index (χ0) is 10.5. The van der Waals surface area contributed by atoms with Crippen molar-refractivity contribution < 1.29 is 4.79 Å². The third kappa shape index (κ3) is 2.93. The number of nitrogens with zero attached hydrogens (tertiary/aromatic N) is 1. The summed E-state index contributed by atoms with van der Waals surface area (Å²) < 4.78 is 0. The van der Waals surface area contributed by atoms with E-state index in [1.54, 1.807) is 0 Å². The fourth-order valence-electron chi connectivity index (χ4n) is 2.07. The molecule has 2 aliphatic rings. The maximum Gasteiger partial charge on any atom is 0.230 e. The van der Waals surface area contributed by atoms with Gasteiger partial charge in [0, 0.05) is 13.1 Å². The molecule has 0 radical (unpaired) electrons. The summed E-state index contributed by atoms with van der Waals surface area (Å²) in [6, 6.07) is 0. The van der Waals surface area contributed by atoms with Crippen molar-refractivity contribution in [1.29, 1.82) is 0 Å². The van der Waals surface area contributed by atoms with Crippen LogP contribution in [0.1, 0.15) is 12.8 Å². The fraction of sp³-hybridized carbons (Fsp3) is 0.583. The number of likely N-dealkylation sites (tertiary alicyclic amines) is 1. The number of carbonyl (C=O) groups is 1. The van der Waals surface area contributed by atoms with E-state index < -0.39 is 0 Å². The van der Waals surface area contributed by atoms with Crippen molar-refractivity contribution in [3.63, 3.8) is 0 Å². The molecule has 0 aromatic rings. The predicted molar refractivity (Wildman–Crippen MR) is 60.5 cm³/mol. The highest BCUT2D eigenvalue weighted by atomic mass is 16.1. The van der Waals surface area contributed by atoms with E-state index in [4.69, 9.17) is 0 Å². The SMILES string of the molecule is O=C(NCCN1CCCC1)C1C=CC=C1. The van der Waals surface area contributed by atoms with Crippen molar-refractivity contribution in [3.8, 4) is 0 Å². The molecule has 1 aliphatic heterocycles. The molecule has 3 heteroatoms. The van der Waals surface area contributed by atoms with E-state index in [0.717, 1.165) is 13.1 Å². The average Bonchev–Trinajstić information content (AvgIpc) is 2.90. The first kappa shape index (κ1) is 10.4.